The summed E-state index contributed by atoms with van der Waals surface area (Å²) >= 11 is 3.29. The maximum Gasteiger partial charge on any atom is 0.346 e. The van der Waals surface area contributed by atoms with Crippen molar-refractivity contribution in [3.8, 4) is 27.6 Å². The molecule has 0 aliphatic carbocycles. The van der Waals surface area contributed by atoms with Gasteiger partial charge in [0.05, 0.1) is 11.4 Å². The Bertz CT molecular complexity index is 2220. The molecule has 0 atom stereocenters. The number of fused-ring (bicyclic) bond motifs is 2. The second kappa shape index (κ2) is 16.9. The Morgan fingerprint density at radius 2 is 1.26 bits per heavy atom. The Morgan fingerprint density at radius 1 is 0.698 bits per heavy atom. The van der Waals surface area contributed by atoms with Gasteiger partial charge in [0.2, 0.25) is 0 Å². The van der Waals surface area contributed by atoms with Crippen molar-refractivity contribution in [2.24, 2.45) is 0 Å². The Balaban J connectivity index is 1.19. The lowest BCUT2D eigenvalue weighted by molar-refractivity contribution is -0.132. The zero-order valence-corrected chi connectivity index (χ0v) is 31.4. The van der Waals surface area contributed by atoms with Crippen LogP contribution in [0.25, 0.3) is 27.6 Å². The number of carbonyl (C=O) groups is 1. The maximum atomic E-state index is 11.4. The van der Waals surface area contributed by atoms with Gasteiger partial charge in [0, 0.05) is 43.2 Å². The molecule has 0 saturated heterocycles. The van der Waals surface area contributed by atoms with Crippen molar-refractivity contribution in [3.63, 3.8) is 0 Å². The van der Waals surface area contributed by atoms with Crippen molar-refractivity contribution in [1.29, 1.82) is 5.26 Å². The van der Waals surface area contributed by atoms with Crippen LogP contribution in [0.15, 0.2) is 149 Å². The average molecular weight is 732 g/mol. The molecule has 1 aliphatic heterocycles. The number of unbranched alkanes of at least 4 members (excludes halogenated alkanes) is 5. The van der Waals surface area contributed by atoms with Gasteiger partial charge in [0.1, 0.15) is 11.6 Å². The molecule has 6 aromatic rings. The summed E-state index contributed by atoms with van der Waals surface area (Å²) in [5.74, 6) is -1.21. The quantitative estimate of drug-likeness (QED) is 0.0683. The van der Waals surface area contributed by atoms with Crippen LogP contribution in [0.2, 0.25) is 0 Å². The number of nitriles is 1. The van der Waals surface area contributed by atoms with Gasteiger partial charge in [0.15, 0.2) is 0 Å². The van der Waals surface area contributed by atoms with E-state index in [9.17, 15) is 15.2 Å². The summed E-state index contributed by atoms with van der Waals surface area (Å²) in [6.45, 7) is 3.21. The first-order chi connectivity index (χ1) is 26.0. The van der Waals surface area contributed by atoms with Crippen molar-refractivity contribution in [2.75, 3.05) is 16.3 Å². The lowest BCUT2D eigenvalue weighted by Gasteiger charge is -2.33. The van der Waals surface area contributed by atoms with Gasteiger partial charge in [-0.05, 0) is 102 Å². The molecular weight excluding hydrogens is 691 g/mol. The molecule has 7 rings (SSSR count). The van der Waals surface area contributed by atoms with Crippen molar-refractivity contribution in [3.05, 3.63) is 144 Å². The standard InChI is InChI=1S/C46H41N3O2S2/c1-2-3-4-5-6-13-28-48-41-25-20-34(33-18-22-39(23-19-33)49(37-14-9-7-10-15-37)38-16-11-8-12-17-38)30-44(41)53-45-31-35(21-26-42(45)48)43-27-24-40(52-43)29-36(32-47)46(50)51/h7-12,14-27,29-31H,2-6,13,28H2,1H3,(H,50,51)/b36-29-. The molecule has 1 aliphatic rings. The molecule has 0 fully saturated rings. The molecular formula is C46H41N3O2S2. The highest BCUT2D eigenvalue weighted by Crippen LogP contribution is 2.51. The van der Waals surface area contributed by atoms with Crippen LogP contribution in [-0.4, -0.2) is 17.6 Å². The highest BCUT2D eigenvalue weighted by Gasteiger charge is 2.25. The smallest absolute Gasteiger partial charge is 0.346 e. The highest BCUT2D eigenvalue weighted by molar-refractivity contribution is 7.99. The van der Waals surface area contributed by atoms with Crippen LogP contribution >= 0.6 is 23.1 Å². The van der Waals surface area contributed by atoms with E-state index in [1.165, 1.54) is 76.2 Å². The number of hydrogen-bond acceptors (Lipinski definition) is 6. The van der Waals surface area contributed by atoms with Crippen molar-refractivity contribution >= 4 is 63.6 Å². The molecule has 2 heterocycles. The van der Waals surface area contributed by atoms with Gasteiger partial charge < -0.3 is 14.9 Å². The molecule has 0 amide bonds. The van der Waals surface area contributed by atoms with Gasteiger partial charge in [0.25, 0.3) is 0 Å². The molecule has 0 spiro atoms. The molecule has 0 saturated carbocycles. The lowest BCUT2D eigenvalue weighted by Crippen LogP contribution is -2.22. The number of nitrogens with zero attached hydrogens (tertiary/aromatic N) is 3. The summed E-state index contributed by atoms with van der Waals surface area (Å²) in [4.78, 5) is 20.4. The van der Waals surface area contributed by atoms with Crippen LogP contribution < -0.4 is 9.80 Å². The third-order valence-corrected chi connectivity index (χ3v) is 11.7. The van der Waals surface area contributed by atoms with Crippen LogP contribution in [0.1, 0.15) is 50.3 Å². The Labute approximate surface area is 320 Å². The van der Waals surface area contributed by atoms with E-state index in [4.69, 9.17) is 0 Å². The van der Waals surface area contributed by atoms with E-state index in [1.807, 2.05) is 24.3 Å². The Kier molecular flexibility index (Phi) is 11.4. The molecule has 5 aromatic carbocycles. The number of anilines is 5. The number of carboxylic acid groups (broad SMARTS) is 1. The summed E-state index contributed by atoms with van der Waals surface area (Å²) < 4.78 is 0. The predicted molar refractivity (Wildman–Crippen MR) is 222 cm³/mol. The molecule has 53 heavy (non-hydrogen) atoms. The molecule has 7 heteroatoms. The molecule has 0 unspecified atom stereocenters. The summed E-state index contributed by atoms with van der Waals surface area (Å²) in [6.07, 6.45) is 8.88. The number of thiophene rings is 1. The number of rotatable bonds is 14. The summed E-state index contributed by atoms with van der Waals surface area (Å²) in [7, 11) is 0. The summed E-state index contributed by atoms with van der Waals surface area (Å²) in [6, 6.07) is 48.9. The first-order valence-electron chi connectivity index (χ1n) is 18.2. The summed E-state index contributed by atoms with van der Waals surface area (Å²) in [5.41, 5.74) is 8.93. The minimum atomic E-state index is -1.21. The fourth-order valence-electron chi connectivity index (χ4n) is 6.78. The number of benzene rings is 5. The van der Waals surface area contributed by atoms with E-state index < -0.39 is 5.97 Å². The lowest BCUT2D eigenvalue weighted by atomic mass is 10.0. The Hall–Kier alpha value is -5.55. The van der Waals surface area contributed by atoms with Gasteiger partial charge in [-0.2, -0.15) is 5.26 Å². The molecule has 5 nitrogen and oxygen atoms in total. The fourth-order valence-corrected chi connectivity index (χ4v) is 8.91. The van der Waals surface area contributed by atoms with Gasteiger partial charge in [-0.15, -0.1) is 11.3 Å². The topological polar surface area (TPSA) is 67.6 Å². The second-order valence-electron chi connectivity index (χ2n) is 13.1. The van der Waals surface area contributed by atoms with Crippen molar-refractivity contribution in [1.82, 2.24) is 0 Å². The van der Waals surface area contributed by atoms with E-state index >= 15 is 0 Å². The summed E-state index contributed by atoms with van der Waals surface area (Å²) in [5, 5.41) is 18.6. The van der Waals surface area contributed by atoms with E-state index in [-0.39, 0.29) is 5.57 Å². The van der Waals surface area contributed by atoms with E-state index in [1.54, 1.807) is 17.8 Å². The molecule has 264 valence electrons. The van der Waals surface area contributed by atoms with Crippen LogP contribution in [0.5, 0.6) is 0 Å². The number of hydrogen-bond donors (Lipinski definition) is 1. The van der Waals surface area contributed by atoms with E-state index in [0.29, 0.717) is 0 Å². The average Bonchev–Trinajstić information content (AvgIpc) is 3.67. The molecule has 0 bridgehead atoms. The normalized spacial score (nSPS) is 12.2. The third kappa shape index (κ3) is 8.25. The van der Waals surface area contributed by atoms with Crippen molar-refractivity contribution in [2.45, 2.75) is 55.2 Å². The number of carboxylic acids is 1. The van der Waals surface area contributed by atoms with Gasteiger partial charge in [-0.3, -0.25) is 0 Å². The van der Waals surface area contributed by atoms with E-state index in [0.717, 1.165) is 50.9 Å². The van der Waals surface area contributed by atoms with Crippen LogP contribution in [-0.2, 0) is 4.79 Å². The first-order valence-corrected chi connectivity index (χ1v) is 19.8. The predicted octanol–water partition coefficient (Wildman–Crippen LogP) is 13.5. The van der Waals surface area contributed by atoms with Crippen LogP contribution in [0.4, 0.5) is 28.4 Å². The number of para-hydroxylation sites is 2. The van der Waals surface area contributed by atoms with E-state index in [2.05, 4.69) is 126 Å². The Morgan fingerprint density at radius 3 is 1.89 bits per heavy atom. The minimum Gasteiger partial charge on any atom is -0.477 e. The first kappa shape index (κ1) is 35.8. The highest BCUT2D eigenvalue weighted by atomic mass is 32.2. The third-order valence-electron chi connectivity index (χ3n) is 9.49. The molecule has 1 aromatic heterocycles. The van der Waals surface area contributed by atoms with Gasteiger partial charge >= 0.3 is 5.97 Å². The monoisotopic (exact) mass is 731 g/mol. The molecule has 1 N–H and O–H groups in total. The molecule has 0 radical (unpaired) electrons. The fraction of sp³-hybridized carbons (Fsp3) is 0.174. The SMILES string of the molecule is CCCCCCCCN1c2ccc(-c3ccc(N(c4ccccc4)c4ccccc4)cc3)cc2Sc2cc(-c3ccc(/C=C(/C#N)C(=O)O)s3)ccc21. The van der Waals surface area contributed by atoms with Gasteiger partial charge in [-0.1, -0.05) is 111 Å². The zero-order valence-electron chi connectivity index (χ0n) is 29.7. The zero-order chi connectivity index (χ0) is 36.6. The van der Waals surface area contributed by atoms with Crippen LogP contribution in [0, 0.1) is 11.3 Å². The second-order valence-corrected chi connectivity index (χ2v) is 15.3. The minimum absolute atomic E-state index is 0.267. The number of aliphatic carboxylic acids is 1. The largest absolute Gasteiger partial charge is 0.477 e. The van der Waals surface area contributed by atoms with Crippen molar-refractivity contribution < 1.29 is 9.90 Å². The van der Waals surface area contributed by atoms with Gasteiger partial charge in [-0.25, -0.2) is 4.79 Å². The maximum absolute atomic E-state index is 11.4. The van der Waals surface area contributed by atoms with Crippen LogP contribution in [0.3, 0.4) is 0 Å².